The van der Waals surface area contributed by atoms with Crippen LogP contribution in [0.4, 0.5) is 0 Å². The zero-order chi connectivity index (χ0) is 7.84. The van der Waals surface area contributed by atoms with Crippen LogP contribution in [-0.2, 0) is 0 Å². The second-order valence-corrected chi connectivity index (χ2v) is 4.29. The van der Waals surface area contributed by atoms with E-state index in [2.05, 4.69) is 18.7 Å². The minimum atomic E-state index is 0.944. The van der Waals surface area contributed by atoms with Crippen molar-refractivity contribution in [3.63, 3.8) is 0 Å². The Bertz CT molecular complexity index is 144. The minimum Gasteiger partial charge on any atom is -0.300 e. The molecule has 1 saturated carbocycles. The third-order valence-corrected chi connectivity index (χ3v) is 3.71. The quantitative estimate of drug-likeness (QED) is 0.558. The van der Waals surface area contributed by atoms with Crippen molar-refractivity contribution < 1.29 is 0 Å². The summed E-state index contributed by atoms with van der Waals surface area (Å²) in [6.07, 6.45) is 4.45. The topological polar surface area (TPSA) is 3.24 Å². The molecule has 0 aromatic carbocycles. The minimum absolute atomic E-state index is 0.944. The van der Waals surface area contributed by atoms with Crippen LogP contribution >= 0.6 is 0 Å². The van der Waals surface area contributed by atoms with Crippen LogP contribution in [0.15, 0.2) is 0 Å². The van der Waals surface area contributed by atoms with Crippen LogP contribution in [0.25, 0.3) is 0 Å². The van der Waals surface area contributed by atoms with Gasteiger partial charge in [-0.15, -0.1) is 0 Å². The number of piperidine rings is 2. The van der Waals surface area contributed by atoms with Crippen LogP contribution in [-0.4, -0.2) is 24.0 Å². The summed E-state index contributed by atoms with van der Waals surface area (Å²) in [5.41, 5.74) is 0. The Kier molecular flexibility index (Phi) is 1.92. The lowest BCUT2D eigenvalue weighted by molar-refractivity contribution is 0.0158. The van der Waals surface area contributed by atoms with Gasteiger partial charge in [0.2, 0.25) is 0 Å². The fraction of sp³-hybridized carbons (Fsp3) is 1.00. The number of rotatable bonds is 1. The van der Waals surface area contributed by atoms with Crippen molar-refractivity contribution in [2.45, 2.75) is 39.2 Å². The molecule has 0 aromatic rings. The lowest BCUT2D eigenvalue weighted by Gasteiger charge is -2.48. The number of nitrogens with zero attached hydrogens (tertiary/aromatic N) is 1. The van der Waals surface area contributed by atoms with E-state index in [0.717, 1.165) is 17.9 Å². The van der Waals surface area contributed by atoms with Gasteiger partial charge in [-0.3, -0.25) is 0 Å². The molecular formula is C10H19N. The predicted molar refractivity (Wildman–Crippen MR) is 47.5 cm³/mol. The summed E-state index contributed by atoms with van der Waals surface area (Å²) in [5.74, 6) is 2.04. The Labute approximate surface area is 69.8 Å². The second-order valence-electron chi connectivity index (χ2n) is 4.29. The van der Waals surface area contributed by atoms with Gasteiger partial charge in [-0.25, -0.2) is 0 Å². The maximum atomic E-state index is 2.67. The first kappa shape index (κ1) is 7.60. The third kappa shape index (κ3) is 1.20. The van der Waals surface area contributed by atoms with E-state index in [-0.39, 0.29) is 0 Å². The van der Waals surface area contributed by atoms with Crippen LogP contribution in [0.2, 0.25) is 0 Å². The lowest BCUT2D eigenvalue weighted by atomic mass is 9.73. The van der Waals surface area contributed by atoms with Gasteiger partial charge in [-0.05, 0) is 37.6 Å². The highest BCUT2D eigenvalue weighted by Gasteiger charge is 2.36. The molecule has 0 spiro atoms. The molecule has 0 aromatic heterocycles. The first-order valence-electron chi connectivity index (χ1n) is 5.05. The average molecular weight is 153 g/mol. The summed E-state index contributed by atoms with van der Waals surface area (Å²) < 4.78 is 0. The Morgan fingerprint density at radius 2 is 2.18 bits per heavy atom. The van der Waals surface area contributed by atoms with Crippen molar-refractivity contribution in [2.24, 2.45) is 11.8 Å². The highest BCUT2D eigenvalue weighted by Crippen LogP contribution is 2.38. The fourth-order valence-corrected chi connectivity index (χ4v) is 2.87. The van der Waals surface area contributed by atoms with Gasteiger partial charge in [0.1, 0.15) is 0 Å². The molecule has 3 atom stereocenters. The van der Waals surface area contributed by atoms with Crippen molar-refractivity contribution in [2.75, 3.05) is 13.1 Å². The van der Waals surface area contributed by atoms with Gasteiger partial charge in [0, 0.05) is 12.6 Å². The zero-order valence-electron chi connectivity index (χ0n) is 7.71. The largest absolute Gasteiger partial charge is 0.300 e. The molecule has 1 heteroatoms. The van der Waals surface area contributed by atoms with Crippen LogP contribution < -0.4 is 0 Å². The molecule has 2 aliphatic heterocycles. The Balaban J connectivity index is 2.04. The zero-order valence-corrected chi connectivity index (χ0v) is 7.71. The SMILES string of the molecule is CCN1CC2CCC1CC2C. The van der Waals surface area contributed by atoms with Gasteiger partial charge >= 0.3 is 0 Å². The van der Waals surface area contributed by atoms with Crippen LogP contribution in [0.5, 0.6) is 0 Å². The average Bonchev–Trinajstić information content (AvgIpc) is 2.05. The Hall–Kier alpha value is -0.0400. The van der Waals surface area contributed by atoms with E-state index in [0.29, 0.717) is 0 Å². The molecular weight excluding hydrogens is 134 g/mol. The van der Waals surface area contributed by atoms with E-state index in [4.69, 9.17) is 0 Å². The van der Waals surface area contributed by atoms with Gasteiger partial charge < -0.3 is 4.90 Å². The number of fused-ring (bicyclic) bond motifs is 3. The van der Waals surface area contributed by atoms with Crippen molar-refractivity contribution in [3.8, 4) is 0 Å². The molecule has 0 radical (unpaired) electrons. The normalized spacial score (nSPS) is 44.7. The molecule has 0 N–H and O–H groups in total. The first-order valence-corrected chi connectivity index (χ1v) is 5.05. The summed E-state index contributed by atoms with van der Waals surface area (Å²) in [6.45, 7) is 7.39. The molecule has 2 heterocycles. The summed E-state index contributed by atoms with van der Waals surface area (Å²) in [5, 5.41) is 0. The van der Waals surface area contributed by atoms with Gasteiger partial charge in [0.15, 0.2) is 0 Å². The maximum absolute atomic E-state index is 2.67. The molecule has 3 aliphatic rings. The summed E-state index contributed by atoms with van der Waals surface area (Å²) in [6, 6.07) is 0.944. The van der Waals surface area contributed by atoms with E-state index >= 15 is 0 Å². The highest BCUT2D eigenvalue weighted by atomic mass is 15.2. The van der Waals surface area contributed by atoms with E-state index in [1.165, 1.54) is 32.4 Å². The van der Waals surface area contributed by atoms with Crippen LogP contribution in [0, 0.1) is 11.8 Å². The Morgan fingerprint density at radius 3 is 2.64 bits per heavy atom. The summed E-state index contributed by atoms with van der Waals surface area (Å²) in [4.78, 5) is 2.67. The molecule has 3 unspecified atom stereocenters. The molecule has 11 heavy (non-hydrogen) atoms. The molecule has 3 rings (SSSR count). The van der Waals surface area contributed by atoms with Gasteiger partial charge in [0.25, 0.3) is 0 Å². The van der Waals surface area contributed by atoms with Crippen molar-refractivity contribution in [3.05, 3.63) is 0 Å². The van der Waals surface area contributed by atoms with E-state index in [1.54, 1.807) is 0 Å². The van der Waals surface area contributed by atoms with Gasteiger partial charge in [0.05, 0.1) is 0 Å². The second kappa shape index (κ2) is 2.78. The van der Waals surface area contributed by atoms with Crippen LogP contribution in [0.1, 0.15) is 33.1 Å². The Morgan fingerprint density at radius 1 is 1.36 bits per heavy atom. The molecule has 64 valence electrons. The standard InChI is InChI=1S/C10H19N/c1-3-11-7-9-4-5-10(11)6-8(9)2/h8-10H,3-7H2,1-2H3. The molecule has 3 fully saturated rings. The van der Waals surface area contributed by atoms with Crippen molar-refractivity contribution in [1.29, 1.82) is 0 Å². The number of hydrogen-bond acceptors (Lipinski definition) is 1. The molecule has 1 nitrogen and oxygen atoms in total. The third-order valence-electron chi connectivity index (χ3n) is 3.71. The maximum Gasteiger partial charge on any atom is 0.00980 e. The first-order chi connectivity index (χ1) is 5.31. The number of hydrogen-bond donors (Lipinski definition) is 0. The molecule has 2 bridgehead atoms. The van der Waals surface area contributed by atoms with Crippen molar-refractivity contribution >= 4 is 0 Å². The predicted octanol–water partition coefficient (Wildman–Crippen LogP) is 2.13. The summed E-state index contributed by atoms with van der Waals surface area (Å²) in [7, 11) is 0. The van der Waals surface area contributed by atoms with E-state index in [9.17, 15) is 0 Å². The summed E-state index contributed by atoms with van der Waals surface area (Å²) >= 11 is 0. The van der Waals surface area contributed by atoms with E-state index in [1.807, 2.05) is 0 Å². The van der Waals surface area contributed by atoms with E-state index < -0.39 is 0 Å². The van der Waals surface area contributed by atoms with Crippen LogP contribution in [0.3, 0.4) is 0 Å². The highest BCUT2D eigenvalue weighted by molar-refractivity contribution is 4.90. The lowest BCUT2D eigenvalue weighted by Crippen LogP contribution is -2.50. The molecule has 2 saturated heterocycles. The smallest absolute Gasteiger partial charge is 0.00980 e. The van der Waals surface area contributed by atoms with Gasteiger partial charge in [-0.2, -0.15) is 0 Å². The molecule has 1 aliphatic carbocycles. The van der Waals surface area contributed by atoms with Gasteiger partial charge in [-0.1, -0.05) is 13.8 Å². The fourth-order valence-electron chi connectivity index (χ4n) is 2.87. The molecule has 0 amide bonds. The monoisotopic (exact) mass is 153 g/mol. The van der Waals surface area contributed by atoms with Crippen molar-refractivity contribution in [1.82, 2.24) is 4.90 Å².